The molecule has 1 unspecified atom stereocenters. The van der Waals surface area contributed by atoms with Crippen molar-refractivity contribution in [3.63, 3.8) is 0 Å². The van der Waals surface area contributed by atoms with Crippen LogP contribution in [0.3, 0.4) is 0 Å². The number of benzene rings is 2. The number of ether oxygens (including phenoxy) is 1. The van der Waals surface area contributed by atoms with E-state index in [1.807, 2.05) is 12.1 Å². The maximum atomic E-state index is 12.4. The van der Waals surface area contributed by atoms with E-state index < -0.39 is 12.1 Å². The molecule has 0 aromatic heterocycles. The summed E-state index contributed by atoms with van der Waals surface area (Å²) in [5.41, 5.74) is 2.51. The van der Waals surface area contributed by atoms with Gasteiger partial charge in [0.1, 0.15) is 5.75 Å². The van der Waals surface area contributed by atoms with Gasteiger partial charge < -0.3 is 14.7 Å². The van der Waals surface area contributed by atoms with Crippen LogP contribution in [0.2, 0.25) is 0 Å². The number of likely N-dealkylation sites (N-methyl/N-ethyl adjacent to an activating group) is 1. The van der Waals surface area contributed by atoms with Gasteiger partial charge in [-0.2, -0.15) is 0 Å². The highest BCUT2D eigenvalue weighted by molar-refractivity contribution is 5.86. The average molecular weight is 411 g/mol. The minimum Gasteiger partial charge on any atom is -0.481 e. The highest BCUT2D eigenvalue weighted by atomic mass is 16.6. The monoisotopic (exact) mass is 410 g/mol. The summed E-state index contributed by atoms with van der Waals surface area (Å²) in [6, 6.07) is 14.6. The predicted molar refractivity (Wildman–Crippen MR) is 117 cm³/mol. The second-order valence-electron chi connectivity index (χ2n) is 8.14. The molecule has 2 aromatic carbocycles. The van der Waals surface area contributed by atoms with E-state index in [0.29, 0.717) is 17.0 Å². The Morgan fingerprint density at radius 2 is 1.93 bits per heavy atom. The molecule has 0 spiro atoms. The van der Waals surface area contributed by atoms with Gasteiger partial charge in [-0.1, -0.05) is 37.6 Å². The fourth-order valence-corrected chi connectivity index (χ4v) is 4.27. The second kappa shape index (κ2) is 9.76. The molecule has 1 aliphatic rings. The molecule has 2 N–H and O–H groups in total. The van der Waals surface area contributed by atoms with E-state index in [-0.39, 0.29) is 11.8 Å². The summed E-state index contributed by atoms with van der Waals surface area (Å²) in [4.78, 5) is 25.5. The molecule has 160 valence electrons. The van der Waals surface area contributed by atoms with Gasteiger partial charge >= 0.3 is 12.1 Å². The summed E-state index contributed by atoms with van der Waals surface area (Å²) in [6.45, 7) is 4.35. The van der Waals surface area contributed by atoms with Crippen molar-refractivity contribution >= 4 is 17.7 Å². The molecule has 6 heteroatoms. The Labute approximate surface area is 177 Å². The van der Waals surface area contributed by atoms with Crippen molar-refractivity contribution in [3.05, 3.63) is 59.7 Å². The lowest BCUT2D eigenvalue weighted by Gasteiger charge is -2.35. The average Bonchev–Trinajstić information content (AvgIpc) is 2.91. The van der Waals surface area contributed by atoms with E-state index in [4.69, 9.17) is 9.84 Å². The number of likely N-dealkylation sites (tertiary alicyclic amines) is 1. The number of hydrogen-bond donors (Lipinski definition) is 2. The number of hydrogen-bond acceptors (Lipinski definition) is 4. The van der Waals surface area contributed by atoms with Gasteiger partial charge in [-0.3, -0.25) is 10.1 Å². The third kappa shape index (κ3) is 5.60. The Kier molecular flexibility index (Phi) is 7.11. The summed E-state index contributed by atoms with van der Waals surface area (Å²) < 4.78 is 5.53. The Morgan fingerprint density at radius 1 is 1.17 bits per heavy atom. The van der Waals surface area contributed by atoms with Crippen LogP contribution in [-0.4, -0.2) is 42.2 Å². The van der Waals surface area contributed by atoms with Crippen molar-refractivity contribution in [2.45, 2.75) is 44.4 Å². The van der Waals surface area contributed by atoms with Crippen LogP contribution in [0.1, 0.15) is 43.7 Å². The molecule has 30 heavy (non-hydrogen) atoms. The number of nitrogens with zero attached hydrogens (tertiary/aromatic N) is 1. The molecule has 0 bridgehead atoms. The Morgan fingerprint density at radius 3 is 2.63 bits per heavy atom. The zero-order valence-electron chi connectivity index (χ0n) is 17.7. The fraction of sp³-hybridized carbons (Fsp3) is 0.417. The third-order valence-electron chi connectivity index (χ3n) is 5.91. The van der Waals surface area contributed by atoms with E-state index in [1.54, 1.807) is 30.3 Å². The number of carbonyl (C=O) groups is 2. The summed E-state index contributed by atoms with van der Waals surface area (Å²) in [5.74, 6) is -0.369. The van der Waals surface area contributed by atoms with Crippen LogP contribution in [0.4, 0.5) is 10.5 Å². The lowest BCUT2D eigenvalue weighted by Crippen LogP contribution is -2.37. The highest BCUT2D eigenvalue weighted by Crippen LogP contribution is 2.37. The predicted octanol–water partition coefficient (Wildman–Crippen LogP) is 4.69. The maximum absolute atomic E-state index is 12.4. The Hall–Kier alpha value is -2.86. The van der Waals surface area contributed by atoms with Crippen molar-refractivity contribution in [1.29, 1.82) is 0 Å². The van der Waals surface area contributed by atoms with Crippen LogP contribution in [0, 0.1) is 0 Å². The Bertz CT molecular complexity index is 881. The summed E-state index contributed by atoms with van der Waals surface area (Å²) >= 11 is 0. The van der Waals surface area contributed by atoms with Gasteiger partial charge in [-0.05, 0) is 68.2 Å². The smallest absolute Gasteiger partial charge is 0.417 e. The zero-order valence-corrected chi connectivity index (χ0v) is 17.7. The zero-order chi connectivity index (χ0) is 21.6. The van der Waals surface area contributed by atoms with Gasteiger partial charge in [0, 0.05) is 17.6 Å². The van der Waals surface area contributed by atoms with Crippen molar-refractivity contribution in [2.24, 2.45) is 0 Å². The van der Waals surface area contributed by atoms with Gasteiger partial charge in [0.25, 0.3) is 0 Å². The van der Waals surface area contributed by atoms with Crippen molar-refractivity contribution in [1.82, 2.24) is 4.90 Å². The molecular formula is C24H30N2O4. The third-order valence-corrected chi connectivity index (χ3v) is 5.91. The van der Waals surface area contributed by atoms with Crippen molar-refractivity contribution < 1.29 is 19.4 Å². The van der Waals surface area contributed by atoms with Crippen LogP contribution in [0.5, 0.6) is 5.75 Å². The molecule has 2 aromatic rings. The molecule has 0 aliphatic carbocycles. The number of carboxylic acid groups (broad SMARTS) is 1. The summed E-state index contributed by atoms with van der Waals surface area (Å²) in [5, 5.41) is 11.5. The summed E-state index contributed by atoms with van der Waals surface area (Å²) in [7, 11) is 2.17. The van der Waals surface area contributed by atoms with Crippen LogP contribution in [-0.2, 0) is 16.6 Å². The van der Waals surface area contributed by atoms with Crippen molar-refractivity contribution in [2.75, 3.05) is 25.5 Å². The van der Waals surface area contributed by atoms with E-state index in [1.165, 1.54) is 18.4 Å². The quantitative estimate of drug-likeness (QED) is 0.722. The normalized spacial score (nSPS) is 19.7. The first-order chi connectivity index (χ1) is 14.4. The lowest BCUT2D eigenvalue weighted by molar-refractivity contribution is -0.136. The minimum absolute atomic E-state index is 0.0497. The molecule has 6 nitrogen and oxygen atoms in total. The maximum Gasteiger partial charge on any atom is 0.417 e. The van der Waals surface area contributed by atoms with E-state index >= 15 is 0 Å². The molecule has 1 saturated heterocycles. The SMILES string of the molecule is CCC1(c2cccc(OC(=O)Nc3ccc(CC(=O)O)cc3)c2)CCCCN(C)C1. The number of amides is 1. The van der Waals surface area contributed by atoms with Gasteiger partial charge in [0.15, 0.2) is 0 Å². The second-order valence-corrected chi connectivity index (χ2v) is 8.14. The topological polar surface area (TPSA) is 78.9 Å². The van der Waals surface area contributed by atoms with Crippen molar-refractivity contribution in [3.8, 4) is 5.75 Å². The molecule has 0 radical (unpaired) electrons. The number of carboxylic acids is 1. The molecule has 1 fully saturated rings. The van der Waals surface area contributed by atoms with Crippen LogP contribution in [0.25, 0.3) is 0 Å². The minimum atomic E-state index is -0.889. The molecule has 1 atom stereocenters. The van der Waals surface area contributed by atoms with Gasteiger partial charge in [-0.25, -0.2) is 4.79 Å². The Balaban J connectivity index is 1.68. The van der Waals surface area contributed by atoms with E-state index in [2.05, 4.69) is 30.3 Å². The largest absolute Gasteiger partial charge is 0.481 e. The number of anilines is 1. The fourth-order valence-electron chi connectivity index (χ4n) is 4.27. The van der Waals surface area contributed by atoms with E-state index in [0.717, 1.165) is 25.9 Å². The van der Waals surface area contributed by atoms with Gasteiger partial charge in [0.2, 0.25) is 0 Å². The first kappa shape index (κ1) is 21.8. The summed E-state index contributed by atoms with van der Waals surface area (Å²) in [6.07, 6.45) is 3.96. The molecular weight excluding hydrogens is 380 g/mol. The van der Waals surface area contributed by atoms with Crippen LogP contribution < -0.4 is 10.1 Å². The van der Waals surface area contributed by atoms with Crippen LogP contribution in [0.15, 0.2) is 48.5 Å². The number of nitrogens with one attached hydrogen (secondary N) is 1. The lowest BCUT2D eigenvalue weighted by atomic mass is 9.74. The molecule has 1 amide bonds. The first-order valence-corrected chi connectivity index (χ1v) is 10.5. The van der Waals surface area contributed by atoms with Crippen LogP contribution >= 0.6 is 0 Å². The molecule has 1 heterocycles. The number of rotatable bonds is 6. The van der Waals surface area contributed by atoms with Gasteiger partial charge in [0.05, 0.1) is 6.42 Å². The first-order valence-electron chi connectivity index (χ1n) is 10.5. The molecule has 0 saturated carbocycles. The van der Waals surface area contributed by atoms with E-state index in [9.17, 15) is 9.59 Å². The van der Waals surface area contributed by atoms with Gasteiger partial charge in [-0.15, -0.1) is 0 Å². The number of aliphatic carboxylic acids is 1. The standard InChI is InChI=1S/C24H30N2O4/c1-3-24(13-4-5-14-26(2)17-24)19-7-6-8-21(16-19)30-23(29)25-20-11-9-18(10-12-20)15-22(27)28/h6-12,16H,3-5,13-15,17H2,1-2H3,(H,25,29)(H,27,28). The molecule has 3 rings (SSSR count). The number of carbonyl (C=O) groups excluding carboxylic acids is 1. The highest BCUT2D eigenvalue weighted by Gasteiger charge is 2.33. The molecule has 1 aliphatic heterocycles.